The Morgan fingerprint density at radius 2 is 1.48 bits per heavy atom. The average Bonchev–Trinajstić information content (AvgIpc) is 3.09. The third kappa shape index (κ3) is 5.27. The molecule has 2 saturated heterocycles. The van der Waals surface area contributed by atoms with E-state index in [4.69, 9.17) is 4.74 Å². The first-order chi connectivity index (χ1) is 15.1. The zero-order valence-electron chi connectivity index (χ0n) is 18.7. The maximum atomic E-state index is 12.8. The molecule has 1 aromatic carbocycles. The third-order valence-electron chi connectivity index (χ3n) is 6.34. The number of benzene rings is 1. The number of ether oxygens (including phenoxy) is 1. The minimum absolute atomic E-state index is 0.173. The maximum Gasteiger partial charge on any atom is 0.227 e. The van der Waals surface area contributed by atoms with Gasteiger partial charge >= 0.3 is 0 Å². The number of rotatable bonds is 5. The number of carbonyl (C=O) groups excluding carboxylic acids is 1. The number of anilines is 2. The van der Waals surface area contributed by atoms with Gasteiger partial charge in [0.05, 0.1) is 13.5 Å². The summed E-state index contributed by atoms with van der Waals surface area (Å²) in [5.74, 6) is 2.91. The van der Waals surface area contributed by atoms with Gasteiger partial charge < -0.3 is 19.4 Å². The van der Waals surface area contributed by atoms with Gasteiger partial charge in [0.2, 0.25) is 5.91 Å². The molecule has 0 aliphatic carbocycles. The Kier molecular flexibility index (Phi) is 6.89. The van der Waals surface area contributed by atoms with Crippen LogP contribution in [0.25, 0.3) is 0 Å². The van der Waals surface area contributed by atoms with Crippen molar-refractivity contribution in [2.45, 2.75) is 39.0 Å². The van der Waals surface area contributed by atoms with Gasteiger partial charge in [-0.25, -0.2) is 0 Å². The van der Waals surface area contributed by atoms with Gasteiger partial charge in [0.15, 0.2) is 11.6 Å². The molecular formula is C24H33N5O2. The zero-order chi connectivity index (χ0) is 21.6. The fraction of sp³-hybridized carbons (Fsp3) is 0.542. The van der Waals surface area contributed by atoms with Crippen molar-refractivity contribution in [1.82, 2.24) is 15.1 Å². The highest BCUT2D eigenvalue weighted by molar-refractivity contribution is 5.79. The van der Waals surface area contributed by atoms with Crippen LogP contribution >= 0.6 is 0 Å². The molecule has 3 heterocycles. The van der Waals surface area contributed by atoms with E-state index in [0.717, 1.165) is 54.7 Å². The summed E-state index contributed by atoms with van der Waals surface area (Å²) in [7, 11) is 1.67. The molecule has 1 amide bonds. The quantitative estimate of drug-likeness (QED) is 0.737. The fourth-order valence-corrected chi connectivity index (χ4v) is 4.48. The summed E-state index contributed by atoms with van der Waals surface area (Å²) < 4.78 is 5.31. The van der Waals surface area contributed by atoms with Crippen molar-refractivity contribution in [2.24, 2.45) is 0 Å². The van der Waals surface area contributed by atoms with Gasteiger partial charge in [-0.3, -0.25) is 4.79 Å². The third-order valence-corrected chi connectivity index (χ3v) is 6.34. The lowest BCUT2D eigenvalue weighted by Gasteiger charge is -2.35. The Morgan fingerprint density at radius 3 is 2.03 bits per heavy atom. The van der Waals surface area contributed by atoms with E-state index in [1.807, 2.05) is 30.0 Å². The first-order valence-corrected chi connectivity index (χ1v) is 11.4. The lowest BCUT2D eigenvalue weighted by Crippen LogP contribution is -2.49. The molecule has 2 aromatic rings. The molecule has 2 fully saturated rings. The van der Waals surface area contributed by atoms with Crippen molar-refractivity contribution in [2.75, 3.05) is 56.2 Å². The molecule has 0 spiro atoms. The largest absolute Gasteiger partial charge is 0.496 e. The number of aryl methyl sites for hydroxylation is 1. The fourth-order valence-electron chi connectivity index (χ4n) is 4.48. The van der Waals surface area contributed by atoms with E-state index in [-0.39, 0.29) is 5.91 Å². The van der Waals surface area contributed by atoms with Gasteiger partial charge in [-0.2, -0.15) is 0 Å². The van der Waals surface area contributed by atoms with Crippen LogP contribution in [0.4, 0.5) is 11.6 Å². The minimum Gasteiger partial charge on any atom is -0.496 e. The molecule has 2 aliphatic rings. The van der Waals surface area contributed by atoms with Crippen molar-refractivity contribution >= 4 is 17.5 Å². The highest BCUT2D eigenvalue weighted by Gasteiger charge is 2.23. The summed E-state index contributed by atoms with van der Waals surface area (Å²) in [6.07, 6.45) is 5.51. The van der Waals surface area contributed by atoms with Crippen LogP contribution in [0.5, 0.6) is 5.75 Å². The standard InChI is InChI=1S/C24H33N5O2/c1-19-17-20(7-8-21(19)31-2)18-24(30)29-15-13-28(14-16-29)23-10-9-22(25-26-23)27-11-5-3-4-6-12-27/h7-10,17H,3-6,11-16,18H2,1-2H3. The minimum atomic E-state index is 0.173. The van der Waals surface area contributed by atoms with Gasteiger partial charge in [0.1, 0.15) is 5.75 Å². The van der Waals surface area contributed by atoms with Gasteiger partial charge in [0.25, 0.3) is 0 Å². The average molecular weight is 424 g/mol. The summed E-state index contributed by atoms with van der Waals surface area (Å²) in [5, 5.41) is 8.99. The highest BCUT2D eigenvalue weighted by Crippen LogP contribution is 2.21. The van der Waals surface area contributed by atoms with Gasteiger partial charge in [0, 0.05) is 39.3 Å². The summed E-state index contributed by atoms with van der Waals surface area (Å²) >= 11 is 0. The zero-order valence-corrected chi connectivity index (χ0v) is 18.7. The number of methoxy groups -OCH3 is 1. The van der Waals surface area contributed by atoms with Crippen LogP contribution < -0.4 is 14.5 Å². The molecule has 31 heavy (non-hydrogen) atoms. The normalized spacial score (nSPS) is 17.4. The smallest absolute Gasteiger partial charge is 0.227 e. The summed E-state index contributed by atoms with van der Waals surface area (Å²) in [4.78, 5) is 19.3. The van der Waals surface area contributed by atoms with E-state index in [1.165, 1.54) is 25.7 Å². The molecular weight excluding hydrogens is 390 g/mol. The predicted molar refractivity (Wildman–Crippen MR) is 123 cm³/mol. The van der Waals surface area contributed by atoms with Crippen molar-refractivity contribution in [1.29, 1.82) is 0 Å². The number of piperazine rings is 1. The summed E-state index contributed by atoms with van der Waals surface area (Å²) in [5.41, 5.74) is 2.08. The lowest BCUT2D eigenvalue weighted by molar-refractivity contribution is -0.130. The second-order valence-electron chi connectivity index (χ2n) is 8.50. The Morgan fingerprint density at radius 1 is 0.871 bits per heavy atom. The highest BCUT2D eigenvalue weighted by atomic mass is 16.5. The molecule has 0 radical (unpaired) electrons. The number of carbonyl (C=O) groups is 1. The Balaban J connectivity index is 1.30. The first-order valence-electron chi connectivity index (χ1n) is 11.4. The van der Waals surface area contributed by atoms with E-state index in [9.17, 15) is 4.79 Å². The number of nitrogens with zero attached hydrogens (tertiary/aromatic N) is 5. The molecule has 0 bridgehead atoms. The Labute approximate surface area is 185 Å². The molecule has 1 aromatic heterocycles. The van der Waals surface area contributed by atoms with E-state index < -0.39 is 0 Å². The van der Waals surface area contributed by atoms with Crippen LogP contribution in [0.3, 0.4) is 0 Å². The summed E-state index contributed by atoms with van der Waals surface area (Å²) in [6.45, 7) is 7.14. The molecule has 2 aliphatic heterocycles. The van der Waals surface area contributed by atoms with Crippen LogP contribution in [-0.2, 0) is 11.2 Å². The molecule has 0 saturated carbocycles. The second kappa shape index (κ2) is 9.98. The van der Waals surface area contributed by atoms with Gasteiger partial charge in [-0.1, -0.05) is 25.0 Å². The van der Waals surface area contributed by atoms with Crippen LogP contribution in [0.15, 0.2) is 30.3 Å². The number of hydrogen-bond acceptors (Lipinski definition) is 6. The molecule has 4 rings (SSSR count). The van der Waals surface area contributed by atoms with Crippen LogP contribution in [0, 0.1) is 6.92 Å². The van der Waals surface area contributed by atoms with Crippen molar-refractivity contribution in [3.8, 4) is 5.75 Å². The molecule has 0 unspecified atom stereocenters. The summed E-state index contributed by atoms with van der Waals surface area (Å²) in [6, 6.07) is 10.1. The Hall–Kier alpha value is -2.83. The predicted octanol–water partition coefficient (Wildman–Crippen LogP) is 3.07. The molecule has 0 atom stereocenters. The van der Waals surface area contributed by atoms with E-state index in [2.05, 4.69) is 32.1 Å². The molecule has 166 valence electrons. The topological polar surface area (TPSA) is 61.8 Å². The molecule has 7 nitrogen and oxygen atoms in total. The van der Waals surface area contributed by atoms with E-state index in [0.29, 0.717) is 19.5 Å². The Bertz CT molecular complexity index is 870. The maximum absolute atomic E-state index is 12.8. The van der Waals surface area contributed by atoms with Crippen LogP contribution in [0.2, 0.25) is 0 Å². The first kappa shape index (κ1) is 21.4. The SMILES string of the molecule is COc1ccc(CC(=O)N2CCN(c3ccc(N4CCCCCC4)nn3)CC2)cc1C. The van der Waals surface area contributed by atoms with Crippen molar-refractivity contribution in [3.63, 3.8) is 0 Å². The monoisotopic (exact) mass is 423 g/mol. The van der Waals surface area contributed by atoms with Gasteiger partial charge in [-0.05, 0) is 49.1 Å². The number of aromatic nitrogens is 2. The van der Waals surface area contributed by atoms with Crippen molar-refractivity contribution < 1.29 is 9.53 Å². The number of hydrogen-bond donors (Lipinski definition) is 0. The second-order valence-corrected chi connectivity index (χ2v) is 8.50. The molecule has 7 heteroatoms. The van der Waals surface area contributed by atoms with Gasteiger partial charge in [-0.15, -0.1) is 10.2 Å². The van der Waals surface area contributed by atoms with Crippen LogP contribution in [-0.4, -0.2) is 67.4 Å². The van der Waals surface area contributed by atoms with E-state index >= 15 is 0 Å². The number of amides is 1. The van der Waals surface area contributed by atoms with E-state index in [1.54, 1.807) is 7.11 Å². The van der Waals surface area contributed by atoms with Crippen LogP contribution in [0.1, 0.15) is 36.8 Å². The lowest BCUT2D eigenvalue weighted by atomic mass is 10.1. The molecule has 0 N–H and O–H groups in total. The van der Waals surface area contributed by atoms with Crippen molar-refractivity contribution in [3.05, 3.63) is 41.5 Å².